The molecule has 3 rings (SSSR count). The van der Waals surface area contributed by atoms with Crippen LogP contribution in [0.3, 0.4) is 0 Å². The summed E-state index contributed by atoms with van der Waals surface area (Å²) >= 11 is 0. The molecule has 20 heavy (non-hydrogen) atoms. The lowest BCUT2D eigenvalue weighted by molar-refractivity contribution is 0.0635. The summed E-state index contributed by atoms with van der Waals surface area (Å²) in [6.07, 6.45) is 0. The molecule has 1 aliphatic heterocycles. The second kappa shape index (κ2) is 4.63. The van der Waals surface area contributed by atoms with E-state index in [9.17, 15) is 9.59 Å². The largest absolute Gasteiger partial charge is 0.345 e. The lowest BCUT2D eigenvalue weighted by Gasteiger charge is -2.35. The Kier molecular flexibility index (Phi) is 2.93. The number of carbonyl (C=O) groups excluding carboxylic acids is 1. The van der Waals surface area contributed by atoms with Gasteiger partial charge in [0.05, 0.1) is 6.04 Å². The van der Waals surface area contributed by atoms with Gasteiger partial charge >= 0.3 is 0 Å². The van der Waals surface area contributed by atoms with Gasteiger partial charge < -0.3 is 9.47 Å². The van der Waals surface area contributed by atoms with Crippen molar-refractivity contribution in [3.8, 4) is 0 Å². The number of nitrogens with zero attached hydrogens (tertiary/aromatic N) is 3. The van der Waals surface area contributed by atoms with Crippen LogP contribution in [0.25, 0.3) is 0 Å². The van der Waals surface area contributed by atoms with Crippen molar-refractivity contribution >= 4 is 5.91 Å². The van der Waals surface area contributed by atoms with E-state index in [1.54, 1.807) is 4.90 Å². The third-order valence-corrected chi connectivity index (χ3v) is 3.85. The molecule has 104 valence electrons. The number of fused-ring (bicyclic) bond motifs is 1. The van der Waals surface area contributed by atoms with Gasteiger partial charge in [-0.2, -0.15) is 5.10 Å². The van der Waals surface area contributed by atoms with Crippen LogP contribution in [-0.2, 0) is 6.54 Å². The van der Waals surface area contributed by atoms with Crippen LogP contribution in [0.2, 0.25) is 0 Å². The molecule has 1 aliphatic rings. The maximum Gasteiger partial charge on any atom is 0.274 e. The first-order chi connectivity index (χ1) is 9.58. The maximum absolute atomic E-state index is 12.5. The van der Waals surface area contributed by atoms with Gasteiger partial charge in [0, 0.05) is 30.5 Å². The molecule has 0 spiro atoms. The molecule has 6 heteroatoms. The van der Waals surface area contributed by atoms with Gasteiger partial charge in [0.25, 0.3) is 11.5 Å². The first-order valence-corrected chi connectivity index (χ1v) is 6.60. The van der Waals surface area contributed by atoms with Gasteiger partial charge in [-0.1, -0.05) is 0 Å². The van der Waals surface area contributed by atoms with Crippen molar-refractivity contribution in [3.05, 3.63) is 51.7 Å². The Morgan fingerprint density at radius 3 is 2.80 bits per heavy atom. The van der Waals surface area contributed by atoms with Crippen LogP contribution in [-0.4, -0.2) is 32.1 Å². The van der Waals surface area contributed by atoms with Crippen LogP contribution in [0.4, 0.5) is 0 Å². The minimum Gasteiger partial charge on any atom is -0.345 e. The Labute approximate surface area is 116 Å². The molecule has 0 radical (unpaired) electrons. The fourth-order valence-electron chi connectivity index (χ4n) is 2.71. The van der Waals surface area contributed by atoms with Crippen LogP contribution in [0.15, 0.2) is 29.1 Å². The summed E-state index contributed by atoms with van der Waals surface area (Å²) in [6.45, 7) is 5.50. The Morgan fingerprint density at radius 2 is 2.10 bits per heavy atom. The number of aromatic nitrogens is 3. The molecule has 1 atom stereocenters. The molecule has 2 aromatic rings. The summed E-state index contributed by atoms with van der Waals surface area (Å²) in [5, 5.41) is 6.11. The van der Waals surface area contributed by atoms with Crippen LogP contribution >= 0.6 is 0 Å². The highest BCUT2D eigenvalue weighted by Gasteiger charge is 2.29. The molecule has 0 aliphatic carbocycles. The standard InChI is InChI=1S/C14H16N4O2/c1-9-3-5-12-10(2)18(8-7-17(9)12)14(20)11-4-6-13(19)16-15-11/h3-6,10H,7-8H2,1-2H3,(H,16,19). The topological polar surface area (TPSA) is 71.0 Å². The molecule has 0 fully saturated rings. The van der Waals surface area contributed by atoms with E-state index in [0.29, 0.717) is 6.54 Å². The summed E-state index contributed by atoms with van der Waals surface area (Å²) in [6, 6.07) is 6.91. The molecular weight excluding hydrogens is 256 g/mol. The first-order valence-electron chi connectivity index (χ1n) is 6.60. The quantitative estimate of drug-likeness (QED) is 0.845. The number of hydrogen-bond donors (Lipinski definition) is 1. The van der Waals surface area contributed by atoms with Gasteiger partial charge in [0.15, 0.2) is 0 Å². The SMILES string of the molecule is Cc1ccc2n1CCN(C(=O)c1ccc(=O)[nH]n1)C2C. The van der Waals surface area contributed by atoms with Gasteiger partial charge in [0.2, 0.25) is 0 Å². The van der Waals surface area contributed by atoms with Crippen LogP contribution in [0.1, 0.15) is 34.8 Å². The average Bonchev–Trinajstić information content (AvgIpc) is 2.82. The highest BCUT2D eigenvalue weighted by molar-refractivity contribution is 5.92. The smallest absolute Gasteiger partial charge is 0.274 e. The molecule has 0 saturated carbocycles. The number of amides is 1. The predicted octanol–water partition coefficient (Wildman–Crippen LogP) is 1.10. The minimum atomic E-state index is -0.308. The maximum atomic E-state index is 12.5. The summed E-state index contributed by atoms with van der Waals surface area (Å²) in [7, 11) is 0. The van der Waals surface area contributed by atoms with E-state index in [4.69, 9.17) is 0 Å². The molecule has 1 N–H and O–H groups in total. The lowest BCUT2D eigenvalue weighted by atomic mass is 10.1. The fraction of sp³-hybridized carbons (Fsp3) is 0.357. The third kappa shape index (κ3) is 1.93. The van der Waals surface area contributed by atoms with Crippen molar-refractivity contribution in [3.63, 3.8) is 0 Å². The summed E-state index contributed by atoms with van der Waals surface area (Å²) in [4.78, 5) is 25.3. The van der Waals surface area contributed by atoms with Crippen LogP contribution in [0, 0.1) is 6.92 Å². The zero-order chi connectivity index (χ0) is 14.3. The second-order valence-corrected chi connectivity index (χ2v) is 5.03. The summed E-state index contributed by atoms with van der Waals surface area (Å²) < 4.78 is 2.23. The predicted molar refractivity (Wildman–Crippen MR) is 73.5 cm³/mol. The summed E-state index contributed by atoms with van der Waals surface area (Å²) in [5.41, 5.74) is 2.30. The number of rotatable bonds is 1. The normalized spacial score (nSPS) is 17.9. The highest BCUT2D eigenvalue weighted by Crippen LogP contribution is 2.27. The van der Waals surface area contributed by atoms with E-state index in [0.717, 1.165) is 12.2 Å². The van der Waals surface area contributed by atoms with Crippen molar-refractivity contribution in [2.45, 2.75) is 26.4 Å². The van der Waals surface area contributed by atoms with Gasteiger partial charge in [-0.05, 0) is 32.0 Å². The molecule has 0 bridgehead atoms. The highest BCUT2D eigenvalue weighted by atomic mass is 16.2. The number of nitrogens with one attached hydrogen (secondary N) is 1. The van der Waals surface area contributed by atoms with Crippen LogP contribution < -0.4 is 5.56 Å². The van der Waals surface area contributed by atoms with Gasteiger partial charge in [-0.3, -0.25) is 9.59 Å². The molecule has 0 aromatic carbocycles. The Morgan fingerprint density at radius 1 is 1.30 bits per heavy atom. The molecule has 2 aromatic heterocycles. The Balaban J connectivity index is 1.90. The lowest BCUT2D eigenvalue weighted by Crippen LogP contribution is -2.41. The van der Waals surface area contributed by atoms with Crippen molar-refractivity contribution in [2.75, 3.05) is 6.54 Å². The van der Waals surface area contributed by atoms with Gasteiger partial charge in [-0.25, -0.2) is 5.10 Å². The number of H-pyrrole nitrogens is 1. The second-order valence-electron chi connectivity index (χ2n) is 5.03. The van der Waals surface area contributed by atoms with Crippen molar-refractivity contribution < 1.29 is 4.79 Å². The van der Waals surface area contributed by atoms with Gasteiger partial charge in [-0.15, -0.1) is 0 Å². The van der Waals surface area contributed by atoms with E-state index >= 15 is 0 Å². The Bertz CT molecular complexity index is 696. The number of carbonyl (C=O) groups is 1. The van der Waals surface area contributed by atoms with Crippen molar-refractivity contribution in [1.82, 2.24) is 19.7 Å². The Hall–Kier alpha value is -2.37. The first kappa shape index (κ1) is 12.7. The van der Waals surface area contributed by atoms with Gasteiger partial charge in [0.1, 0.15) is 5.69 Å². The van der Waals surface area contributed by atoms with E-state index in [2.05, 4.69) is 33.8 Å². The number of hydrogen-bond acceptors (Lipinski definition) is 3. The minimum absolute atomic E-state index is 0.00122. The molecular formula is C14H16N4O2. The third-order valence-electron chi connectivity index (χ3n) is 3.85. The summed E-state index contributed by atoms with van der Waals surface area (Å²) in [5.74, 6) is -0.154. The molecule has 1 unspecified atom stereocenters. The fourth-order valence-corrected chi connectivity index (χ4v) is 2.71. The molecule has 6 nitrogen and oxygen atoms in total. The zero-order valence-corrected chi connectivity index (χ0v) is 11.5. The van der Waals surface area contributed by atoms with E-state index in [-0.39, 0.29) is 23.2 Å². The van der Waals surface area contributed by atoms with E-state index in [1.165, 1.54) is 17.8 Å². The van der Waals surface area contributed by atoms with E-state index < -0.39 is 0 Å². The average molecular weight is 272 g/mol. The molecule has 3 heterocycles. The molecule has 0 saturated heterocycles. The zero-order valence-electron chi connectivity index (χ0n) is 11.5. The van der Waals surface area contributed by atoms with E-state index in [1.807, 2.05) is 6.92 Å². The monoisotopic (exact) mass is 272 g/mol. The number of aromatic amines is 1. The van der Waals surface area contributed by atoms with Crippen molar-refractivity contribution in [2.24, 2.45) is 0 Å². The number of aryl methyl sites for hydroxylation is 1. The van der Waals surface area contributed by atoms with Crippen LogP contribution in [0.5, 0.6) is 0 Å². The van der Waals surface area contributed by atoms with Crippen molar-refractivity contribution in [1.29, 1.82) is 0 Å². The molecule has 1 amide bonds.